The van der Waals surface area contributed by atoms with Crippen LogP contribution in [0.2, 0.25) is 10.0 Å². The maximum absolute atomic E-state index is 14.7. The van der Waals surface area contributed by atoms with E-state index in [2.05, 4.69) is 15.8 Å². The van der Waals surface area contributed by atoms with Gasteiger partial charge in [0.2, 0.25) is 0 Å². The van der Waals surface area contributed by atoms with Crippen LogP contribution in [0.5, 0.6) is 11.5 Å². The summed E-state index contributed by atoms with van der Waals surface area (Å²) >= 11 is 14.4. The lowest BCUT2D eigenvalue weighted by Gasteiger charge is -2.37. The minimum atomic E-state index is -0.674. The van der Waals surface area contributed by atoms with Gasteiger partial charge in [0.05, 0.1) is 46.2 Å². The molecule has 2 saturated carbocycles. The number of ether oxygens (including phenoxy) is 2. The van der Waals surface area contributed by atoms with Gasteiger partial charge < -0.3 is 25.0 Å². The number of nitrogens with zero attached hydrogens (tertiary/aromatic N) is 4. The van der Waals surface area contributed by atoms with Gasteiger partial charge in [0.1, 0.15) is 5.75 Å². The molecule has 11 heteroatoms. The summed E-state index contributed by atoms with van der Waals surface area (Å²) in [5.74, 6) is 1.66. The second-order valence-electron chi connectivity index (χ2n) is 12.9. The number of aryl methyl sites for hydroxylation is 1. The maximum Gasteiger partial charge on any atom is 0.269 e. The van der Waals surface area contributed by atoms with Crippen molar-refractivity contribution in [3.05, 3.63) is 84.3 Å². The summed E-state index contributed by atoms with van der Waals surface area (Å²) in [6, 6.07) is 9.58. The fourth-order valence-electron chi connectivity index (χ4n) is 6.97. The second-order valence-corrected chi connectivity index (χ2v) is 14.9. The highest BCUT2D eigenvalue weighted by Crippen LogP contribution is 2.48. The summed E-state index contributed by atoms with van der Waals surface area (Å²) in [7, 11) is 1.67. The van der Waals surface area contributed by atoms with Crippen molar-refractivity contribution in [2.75, 3.05) is 13.7 Å². The molecule has 1 amide bonds. The van der Waals surface area contributed by atoms with E-state index in [-0.39, 0.29) is 17.9 Å². The summed E-state index contributed by atoms with van der Waals surface area (Å²) in [5.41, 5.74) is 15.2. The van der Waals surface area contributed by atoms with Gasteiger partial charge in [-0.05, 0) is 92.3 Å². The molecule has 248 valence electrons. The molecule has 1 aromatic heterocycles. The Morgan fingerprint density at radius 1 is 1.21 bits per heavy atom. The molecule has 3 aliphatic carbocycles. The molecule has 2 aromatic carbocycles. The zero-order chi connectivity index (χ0) is 33.2. The summed E-state index contributed by atoms with van der Waals surface area (Å²) in [4.78, 5) is 26.1. The fourth-order valence-corrected chi connectivity index (χ4v) is 8.61. The van der Waals surface area contributed by atoms with Gasteiger partial charge in [-0.15, -0.1) is 11.3 Å². The van der Waals surface area contributed by atoms with Crippen molar-refractivity contribution in [2.45, 2.75) is 83.9 Å². The Morgan fingerprint density at radius 3 is 2.66 bits per heavy atom. The van der Waals surface area contributed by atoms with Gasteiger partial charge in [0.25, 0.3) is 11.6 Å². The summed E-state index contributed by atoms with van der Waals surface area (Å²) in [6.45, 7) is 4.64. The molecule has 47 heavy (non-hydrogen) atoms. The highest BCUT2D eigenvalue weighted by atomic mass is 35.5. The molecule has 3 aromatic rings. The van der Waals surface area contributed by atoms with Crippen LogP contribution in [-0.2, 0) is 17.8 Å². The predicted molar refractivity (Wildman–Crippen MR) is 185 cm³/mol. The summed E-state index contributed by atoms with van der Waals surface area (Å²) in [6.07, 6.45) is 7.70. The monoisotopic (exact) mass is 694 g/mol. The number of amides is 1. The zero-order valence-corrected chi connectivity index (χ0v) is 29.3. The molecular formula is C36H40Cl2N4O4S. The van der Waals surface area contributed by atoms with Gasteiger partial charge in [-0.1, -0.05) is 35.3 Å². The van der Waals surface area contributed by atoms with Crippen molar-refractivity contribution in [3.8, 4) is 11.5 Å². The SMILES string of the molecule is COc1cccc(CN(C(=O)C2=C(c3cnc(CCCOc4c(Cl)cc([C@H](C)O)cc4Cl)s3)C[C@H]3CC(=[N+]=[N-])C[C@H]2C3)C2CC2)c1C. The first-order valence-electron chi connectivity index (χ1n) is 16.3. The summed E-state index contributed by atoms with van der Waals surface area (Å²) in [5, 5.41) is 11.6. The third-order valence-electron chi connectivity index (χ3n) is 9.56. The lowest BCUT2D eigenvalue weighted by molar-refractivity contribution is -0.129. The molecule has 0 radical (unpaired) electrons. The van der Waals surface area contributed by atoms with Crippen molar-refractivity contribution in [1.82, 2.24) is 9.88 Å². The number of hydrogen-bond donors (Lipinski definition) is 1. The number of halogens is 2. The van der Waals surface area contributed by atoms with E-state index in [9.17, 15) is 15.4 Å². The number of carbonyl (C=O) groups is 1. The van der Waals surface area contributed by atoms with E-state index in [1.54, 1.807) is 37.5 Å². The van der Waals surface area contributed by atoms with Gasteiger partial charge in [-0.3, -0.25) is 4.79 Å². The Balaban J connectivity index is 1.22. The van der Waals surface area contributed by atoms with E-state index in [4.69, 9.17) is 37.7 Å². The van der Waals surface area contributed by atoms with Crippen LogP contribution >= 0.6 is 34.5 Å². The summed E-state index contributed by atoms with van der Waals surface area (Å²) < 4.78 is 11.5. The van der Waals surface area contributed by atoms with Gasteiger partial charge in [-0.2, -0.15) is 4.79 Å². The van der Waals surface area contributed by atoms with Gasteiger partial charge >= 0.3 is 0 Å². The molecule has 3 atom stereocenters. The highest BCUT2D eigenvalue weighted by Gasteiger charge is 2.44. The quantitative estimate of drug-likeness (QED) is 0.117. The van der Waals surface area contributed by atoms with E-state index >= 15 is 0 Å². The molecule has 6 rings (SSSR count). The standard InChI is InChI=1S/C36H40Cl2N4O4S/c1-20-23(6-4-7-31(20)45-3)19-42(27-9-10-27)36(44)34-25-12-22(13-26(15-25)41-39)14-28(34)32-18-40-33(47-32)8-5-11-46-35-29(37)16-24(21(2)43)17-30(35)38/h4,6-7,16-18,21-22,25,27,43H,5,8-15,19H2,1-3H3/t21-,22+,25+/m0/s1. The molecule has 1 heterocycles. The predicted octanol–water partition coefficient (Wildman–Crippen LogP) is 8.27. The van der Waals surface area contributed by atoms with Crippen LogP contribution in [0, 0.1) is 18.8 Å². The Labute approximate surface area is 289 Å². The number of methoxy groups -OCH3 is 1. The van der Waals surface area contributed by atoms with Gasteiger partial charge in [-0.25, -0.2) is 4.98 Å². The van der Waals surface area contributed by atoms with E-state index in [0.717, 1.165) is 75.7 Å². The number of aromatic nitrogens is 1. The first kappa shape index (κ1) is 33.7. The van der Waals surface area contributed by atoms with Crippen LogP contribution in [0.25, 0.3) is 11.1 Å². The highest BCUT2D eigenvalue weighted by molar-refractivity contribution is 7.12. The average Bonchev–Trinajstić information content (AvgIpc) is 3.79. The van der Waals surface area contributed by atoms with Crippen LogP contribution in [0.3, 0.4) is 0 Å². The van der Waals surface area contributed by atoms with Crippen molar-refractivity contribution in [1.29, 1.82) is 0 Å². The van der Waals surface area contributed by atoms with Crippen LogP contribution < -0.4 is 9.47 Å². The molecule has 3 aliphatic rings. The third kappa shape index (κ3) is 7.45. The normalized spacial score (nSPS) is 19.7. The minimum absolute atomic E-state index is 0.0113. The van der Waals surface area contributed by atoms with Crippen LogP contribution in [0.15, 0.2) is 42.1 Å². The Morgan fingerprint density at radius 2 is 1.98 bits per heavy atom. The van der Waals surface area contributed by atoms with Crippen molar-refractivity contribution < 1.29 is 24.2 Å². The van der Waals surface area contributed by atoms with Crippen LogP contribution in [0.4, 0.5) is 0 Å². The largest absolute Gasteiger partial charge is 0.496 e. The lowest BCUT2D eigenvalue weighted by Crippen LogP contribution is -2.40. The van der Waals surface area contributed by atoms with E-state index in [0.29, 0.717) is 59.7 Å². The topological polar surface area (TPSA) is 108 Å². The molecular weight excluding hydrogens is 655 g/mol. The maximum atomic E-state index is 14.7. The Bertz CT molecular complexity index is 1720. The third-order valence-corrected chi connectivity index (χ3v) is 11.2. The van der Waals surface area contributed by atoms with Crippen molar-refractivity contribution >= 4 is 51.7 Å². The van der Waals surface area contributed by atoms with Crippen molar-refractivity contribution in [3.63, 3.8) is 0 Å². The molecule has 0 spiro atoms. The number of rotatable bonds is 12. The lowest BCUT2D eigenvalue weighted by atomic mass is 9.68. The van der Waals surface area contributed by atoms with E-state index in [1.165, 1.54) is 0 Å². The number of fused-ring (bicyclic) bond motifs is 2. The molecule has 0 saturated heterocycles. The molecule has 0 unspecified atom stereocenters. The number of aliphatic hydroxyl groups is 1. The zero-order valence-electron chi connectivity index (χ0n) is 27.0. The Kier molecular flexibility index (Phi) is 10.4. The number of aliphatic hydroxyl groups excluding tert-OH is 1. The number of hydrogen-bond acceptors (Lipinski definition) is 6. The van der Waals surface area contributed by atoms with Crippen LogP contribution in [-0.4, -0.2) is 51.2 Å². The first-order chi connectivity index (χ1) is 22.7. The van der Waals surface area contributed by atoms with Crippen molar-refractivity contribution in [2.24, 2.45) is 11.8 Å². The number of carbonyl (C=O) groups excluding carboxylic acids is 1. The average molecular weight is 696 g/mol. The van der Waals surface area contributed by atoms with Gasteiger partial charge in [0, 0.05) is 43.1 Å². The number of thiazole rings is 1. The fraction of sp³-hybridized carbons (Fsp3) is 0.472. The molecule has 1 N–H and O–H groups in total. The smallest absolute Gasteiger partial charge is 0.269 e. The van der Waals surface area contributed by atoms with Gasteiger partial charge in [0.15, 0.2) is 5.75 Å². The van der Waals surface area contributed by atoms with E-state index < -0.39 is 6.10 Å². The Hall–Kier alpha value is -3.20. The van der Waals surface area contributed by atoms with E-state index in [1.807, 2.05) is 25.3 Å². The molecule has 0 aliphatic heterocycles. The number of benzene rings is 2. The van der Waals surface area contributed by atoms with Crippen LogP contribution in [0.1, 0.15) is 84.5 Å². The first-order valence-corrected chi connectivity index (χ1v) is 17.8. The molecule has 2 fully saturated rings. The molecule has 2 bridgehead atoms. The second kappa shape index (κ2) is 14.5. The minimum Gasteiger partial charge on any atom is -0.496 e. The molecule has 8 nitrogen and oxygen atoms in total. The number of allylic oxidation sites excluding steroid dienone is 1.